The highest BCUT2D eigenvalue weighted by molar-refractivity contribution is 7.92. The summed E-state index contributed by atoms with van der Waals surface area (Å²) in [5.74, 6) is -0.342. The van der Waals surface area contributed by atoms with Crippen LogP contribution in [0.5, 0.6) is 0 Å². The number of amides is 1. The van der Waals surface area contributed by atoms with Crippen molar-refractivity contribution in [3.05, 3.63) is 78.6 Å². The lowest BCUT2D eigenvalue weighted by molar-refractivity contribution is 0.102. The molecule has 0 saturated carbocycles. The summed E-state index contributed by atoms with van der Waals surface area (Å²) >= 11 is 0. The van der Waals surface area contributed by atoms with Gasteiger partial charge >= 0.3 is 0 Å². The zero-order chi connectivity index (χ0) is 19.4. The predicted octanol–water partition coefficient (Wildman–Crippen LogP) is 3.40. The van der Waals surface area contributed by atoms with E-state index in [0.717, 1.165) is 21.7 Å². The number of benzene rings is 2. The fraction of sp³-hybridized carbons (Fsp3) is 0.100. The number of aromatic nitrogens is 1. The molecular weight excluding hydrogens is 362 g/mol. The quantitative estimate of drug-likeness (QED) is 0.735. The molecule has 0 spiro atoms. The van der Waals surface area contributed by atoms with Crippen molar-refractivity contribution < 1.29 is 13.2 Å². The second-order valence-corrected chi connectivity index (χ2v) is 8.03. The molecular formula is C20H19N3O3S. The Hall–Kier alpha value is -3.19. The molecule has 0 aliphatic heterocycles. The van der Waals surface area contributed by atoms with Gasteiger partial charge in [0.2, 0.25) is 10.0 Å². The van der Waals surface area contributed by atoms with Crippen molar-refractivity contribution in [3.8, 4) is 11.1 Å². The van der Waals surface area contributed by atoms with Crippen LogP contribution in [0.2, 0.25) is 0 Å². The summed E-state index contributed by atoms with van der Waals surface area (Å²) in [5.41, 5.74) is 3.06. The highest BCUT2D eigenvalue weighted by atomic mass is 32.2. The molecule has 0 radical (unpaired) electrons. The van der Waals surface area contributed by atoms with Gasteiger partial charge < -0.3 is 5.32 Å². The summed E-state index contributed by atoms with van der Waals surface area (Å²) in [4.78, 5) is 16.5. The number of rotatable bonds is 5. The summed E-state index contributed by atoms with van der Waals surface area (Å²) in [6.07, 6.45) is 4.17. The summed E-state index contributed by atoms with van der Waals surface area (Å²) in [6, 6.07) is 18.1. The summed E-state index contributed by atoms with van der Waals surface area (Å²) in [5, 5.41) is 2.82. The van der Waals surface area contributed by atoms with Crippen LogP contribution in [0.4, 0.5) is 11.4 Å². The number of carbonyl (C=O) groups is 1. The van der Waals surface area contributed by atoms with Crippen molar-refractivity contribution in [2.75, 3.05) is 22.9 Å². The van der Waals surface area contributed by atoms with Gasteiger partial charge in [0.1, 0.15) is 0 Å². The van der Waals surface area contributed by atoms with E-state index in [1.54, 1.807) is 24.3 Å². The van der Waals surface area contributed by atoms with Gasteiger partial charge in [0.15, 0.2) is 0 Å². The number of nitrogens with zero attached hydrogens (tertiary/aromatic N) is 2. The summed E-state index contributed by atoms with van der Waals surface area (Å²) in [7, 11) is -2.03. The minimum absolute atomic E-state index is 0.342. The first-order chi connectivity index (χ1) is 12.9. The number of nitrogens with one attached hydrogen (secondary N) is 1. The van der Waals surface area contributed by atoms with E-state index in [9.17, 15) is 13.2 Å². The molecule has 0 unspecified atom stereocenters. The van der Waals surface area contributed by atoms with E-state index in [2.05, 4.69) is 10.3 Å². The second-order valence-electron chi connectivity index (χ2n) is 6.02. The molecule has 1 aromatic heterocycles. The first kappa shape index (κ1) is 18.6. The average molecular weight is 381 g/mol. The number of anilines is 2. The van der Waals surface area contributed by atoms with Crippen LogP contribution < -0.4 is 9.62 Å². The third-order valence-electron chi connectivity index (χ3n) is 4.13. The van der Waals surface area contributed by atoms with E-state index in [1.165, 1.54) is 19.4 Å². The molecule has 2 aromatic carbocycles. The van der Waals surface area contributed by atoms with Crippen LogP contribution in [0.15, 0.2) is 73.1 Å². The lowest BCUT2D eigenvalue weighted by Crippen LogP contribution is -2.26. The van der Waals surface area contributed by atoms with E-state index >= 15 is 0 Å². The molecule has 1 amide bonds. The average Bonchev–Trinajstić information content (AvgIpc) is 2.68. The highest BCUT2D eigenvalue weighted by Gasteiger charge is 2.18. The third kappa shape index (κ3) is 4.32. The van der Waals surface area contributed by atoms with E-state index in [-0.39, 0.29) is 5.91 Å². The third-order valence-corrected chi connectivity index (χ3v) is 5.32. The van der Waals surface area contributed by atoms with Crippen LogP contribution >= 0.6 is 0 Å². The Balaban J connectivity index is 2.05. The molecule has 3 aromatic rings. The lowest BCUT2D eigenvalue weighted by atomic mass is 10.0. The van der Waals surface area contributed by atoms with Crippen molar-refractivity contribution in [1.29, 1.82) is 0 Å². The van der Waals surface area contributed by atoms with Gasteiger partial charge in [-0.05, 0) is 35.4 Å². The second kappa shape index (κ2) is 7.59. The van der Waals surface area contributed by atoms with Crippen LogP contribution in [-0.4, -0.2) is 32.6 Å². The Morgan fingerprint density at radius 2 is 1.63 bits per heavy atom. The fourth-order valence-corrected chi connectivity index (χ4v) is 3.11. The smallest absolute Gasteiger partial charge is 0.255 e. The lowest BCUT2D eigenvalue weighted by Gasteiger charge is -2.21. The maximum Gasteiger partial charge on any atom is 0.255 e. The van der Waals surface area contributed by atoms with Crippen molar-refractivity contribution in [1.82, 2.24) is 4.98 Å². The Labute approximate surface area is 158 Å². The summed E-state index contributed by atoms with van der Waals surface area (Å²) < 4.78 is 25.1. The van der Waals surface area contributed by atoms with Gasteiger partial charge in [0, 0.05) is 25.0 Å². The van der Waals surface area contributed by atoms with Gasteiger partial charge in [0.05, 0.1) is 17.6 Å². The molecule has 3 rings (SSSR count). The number of carbonyl (C=O) groups excluding carboxylic acids is 1. The van der Waals surface area contributed by atoms with Crippen LogP contribution in [-0.2, 0) is 10.0 Å². The maximum absolute atomic E-state index is 12.6. The van der Waals surface area contributed by atoms with Crippen molar-refractivity contribution in [2.24, 2.45) is 0 Å². The molecule has 1 heterocycles. The zero-order valence-corrected chi connectivity index (χ0v) is 15.8. The molecule has 27 heavy (non-hydrogen) atoms. The minimum Gasteiger partial charge on any atom is -0.320 e. The van der Waals surface area contributed by atoms with E-state index in [4.69, 9.17) is 0 Å². The molecule has 138 valence electrons. The Morgan fingerprint density at radius 3 is 2.26 bits per heavy atom. The largest absolute Gasteiger partial charge is 0.320 e. The number of pyridine rings is 1. The fourth-order valence-electron chi connectivity index (χ4n) is 2.60. The topological polar surface area (TPSA) is 79.4 Å². The van der Waals surface area contributed by atoms with Gasteiger partial charge in [-0.1, -0.05) is 36.4 Å². The molecule has 0 bridgehead atoms. The molecule has 1 N–H and O–H groups in total. The Bertz CT molecular complexity index is 1050. The first-order valence-corrected chi connectivity index (χ1v) is 10.1. The molecule has 0 atom stereocenters. The number of sulfonamides is 1. The standard InChI is InChI=1S/C20H19N3O3S/c1-23(27(2,25)26)19-9-8-17(15-6-4-3-5-7-15)14-18(19)22-20(24)16-10-12-21-13-11-16/h3-14H,1-2H3,(H,22,24). The number of hydrogen-bond acceptors (Lipinski definition) is 4. The van der Waals surface area contributed by atoms with Crippen molar-refractivity contribution in [2.45, 2.75) is 0 Å². The van der Waals surface area contributed by atoms with Gasteiger partial charge in [-0.25, -0.2) is 8.42 Å². The van der Waals surface area contributed by atoms with E-state index in [1.807, 2.05) is 36.4 Å². The SMILES string of the molecule is CN(c1ccc(-c2ccccc2)cc1NC(=O)c1ccncc1)S(C)(=O)=O. The maximum atomic E-state index is 12.6. The molecule has 0 saturated heterocycles. The first-order valence-electron chi connectivity index (χ1n) is 8.21. The highest BCUT2D eigenvalue weighted by Crippen LogP contribution is 2.32. The van der Waals surface area contributed by atoms with Gasteiger partial charge in [-0.15, -0.1) is 0 Å². The summed E-state index contributed by atoms with van der Waals surface area (Å²) in [6.45, 7) is 0. The predicted molar refractivity (Wildman–Crippen MR) is 107 cm³/mol. The number of hydrogen-bond donors (Lipinski definition) is 1. The zero-order valence-electron chi connectivity index (χ0n) is 15.0. The van der Waals surface area contributed by atoms with Crippen LogP contribution in [0.1, 0.15) is 10.4 Å². The van der Waals surface area contributed by atoms with Crippen molar-refractivity contribution in [3.63, 3.8) is 0 Å². The molecule has 7 heteroatoms. The molecule has 0 fully saturated rings. The van der Waals surface area contributed by atoms with Gasteiger partial charge in [-0.3, -0.25) is 14.1 Å². The molecule has 0 aliphatic carbocycles. The van der Waals surface area contributed by atoms with Gasteiger partial charge in [-0.2, -0.15) is 0 Å². The molecule has 0 aliphatic rings. The van der Waals surface area contributed by atoms with E-state index in [0.29, 0.717) is 16.9 Å². The van der Waals surface area contributed by atoms with Crippen LogP contribution in [0, 0.1) is 0 Å². The Kier molecular flexibility index (Phi) is 5.23. The Morgan fingerprint density at radius 1 is 0.963 bits per heavy atom. The van der Waals surface area contributed by atoms with E-state index < -0.39 is 10.0 Å². The van der Waals surface area contributed by atoms with Gasteiger partial charge in [0.25, 0.3) is 5.91 Å². The van der Waals surface area contributed by atoms with Crippen LogP contribution in [0.3, 0.4) is 0 Å². The minimum atomic E-state index is -3.48. The normalized spacial score (nSPS) is 11.0. The van der Waals surface area contributed by atoms with Crippen LogP contribution in [0.25, 0.3) is 11.1 Å². The monoisotopic (exact) mass is 381 g/mol. The van der Waals surface area contributed by atoms with Crippen molar-refractivity contribution >= 4 is 27.3 Å². The molecule has 6 nitrogen and oxygen atoms in total.